The Morgan fingerprint density at radius 2 is 1.92 bits per heavy atom. The first-order valence-corrected chi connectivity index (χ1v) is 2.92. The average molecular weight is 185 g/mol. The molecule has 0 aromatic heterocycles. The molecule has 0 aliphatic heterocycles. The van der Waals surface area contributed by atoms with Crippen LogP contribution < -0.4 is 5.73 Å². The van der Waals surface area contributed by atoms with E-state index in [1.807, 2.05) is 0 Å². The minimum absolute atomic E-state index is 0.236. The zero-order valence-electron chi connectivity index (χ0n) is 6.15. The molecular weight excluding hydrogens is 178 g/mol. The maximum absolute atomic E-state index is 12.1. The second-order valence-corrected chi connectivity index (χ2v) is 2.18. The lowest BCUT2D eigenvalue weighted by Gasteiger charge is -2.10. The van der Waals surface area contributed by atoms with Crippen molar-refractivity contribution in [1.82, 2.24) is 0 Å². The van der Waals surface area contributed by atoms with Gasteiger partial charge in [-0.05, 0) is 6.92 Å². The van der Waals surface area contributed by atoms with E-state index in [9.17, 15) is 22.4 Å². The molecule has 0 fully saturated rings. The van der Waals surface area contributed by atoms with E-state index in [0.29, 0.717) is 0 Å². The molecule has 0 aromatic rings. The van der Waals surface area contributed by atoms with Gasteiger partial charge in [0.25, 0.3) is 0 Å². The number of rotatable bonds is 3. The van der Waals surface area contributed by atoms with Crippen molar-refractivity contribution in [3.63, 3.8) is 0 Å². The topological polar surface area (TPSA) is 43.1 Å². The third-order valence-corrected chi connectivity index (χ3v) is 0.961. The highest BCUT2D eigenvalue weighted by atomic mass is 19.3. The Kier molecular flexibility index (Phi) is 3.24. The summed E-state index contributed by atoms with van der Waals surface area (Å²) in [4.78, 5) is 10.3. The second-order valence-electron chi connectivity index (χ2n) is 2.18. The summed E-state index contributed by atoms with van der Waals surface area (Å²) >= 11 is 0. The largest absolute Gasteiger partial charge is 0.402 e. The third-order valence-electron chi connectivity index (χ3n) is 0.961. The van der Waals surface area contributed by atoms with Gasteiger partial charge in [0.1, 0.15) is 0 Å². The molecule has 0 rings (SSSR count). The summed E-state index contributed by atoms with van der Waals surface area (Å²) < 4.78 is 47.1. The smallest absolute Gasteiger partial charge is 0.368 e. The van der Waals surface area contributed by atoms with Gasteiger partial charge in [-0.2, -0.15) is 8.78 Å². The standard InChI is InChI=1S/C6H7F4NO/c1-3(11)2-4(12)6(9,10)5(7)8/h2,5H,11H2,1H3/b3-2-. The molecule has 0 bridgehead atoms. The highest BCUT2D eigenvalue weighted by Gasteiger charge is 2.47. The first-order chi connectivity index (χ1) is 5.28. The molecule has 70 valence electrons. The van der Waals surface area contributed by atoms with Crippen molar-refractivity contribution in [1.29, 1.82) is 0 Å². The summed E-state index contributed by atoms with van der Waals surface area (Å²) in [5.41, 5.74) is 4.62. The summed E-state index contributed by atoms with van der Waals surface area (Å²) in [5.74, 6) is -6.61. The number of hydrogen-bond donors (Lipinski definition) is 1. The Hall–Kier alpha value is -1.07. The molecule has 2 nitrogen and oxygen atoms in total. The number of alkyl halides is 4. The molecule has 0 radical (unpaired) electrons. The molecule has 0 atom stereocenters. The van der Waals surface area contributed by atoms with Gasteiger partial charge < -0.3 is 5.73 Å². The van der Waals surface area contributed by atoms with Crippen molar-refractivity contribution >= 4 is 5.78 Å². The van der Waals surface area contributed by atoms with Gasteiger partial charge >= 0.3 is 12.3 Å². The van der Waals surface area contributed by atoms with Crippen LogP contribution >= 0.6 is 0 Å². The first-order valence-electron chi connectivity index (χ1n) is 2.92. The molecule has 0 heterocycles. The van der Waals surface area contributed by atoms with Crippen LogP contribution in [0.5, 0.6) is 0 Å². The zero-order valence-corrected chi connectivity index (χ0v) is 6.15. The Bertz CT molecular complexity index is 208. The fraction of sp³-hybridized carbons (Fsp3) is 0.500. The molecule has 2 N–H and O–H groups in total. The predicted molar refractivity (Wildman–Crippen MR) is 33.9 cm³/mol. The predicted octanol–water partition coefficient (Wildman–Crippen LogP) is 1.32. The van der Waals surface area contributed by atoms with Gasteiger partial charge in [0, 0.05) is 11.8 Å². The van der Waals surface area contributed by atoms with Crippen LogP contribution in [0.3, 0.4) is 0 Å². The fourth-order valence-corrected chi connectivity index (χ4v) is 0.411. The summed E-state index contributed by atoms with van der Waals surface area (Å²) in [6, 6.07) is 0. The molecule has 0 unspecified atom stereocenters. The second kappa shape index (κ2) is 3.55. The van der Waals surface area contributed by atoms with Gasteiger partial charge in [-0.3, -0.25) is 4.79 Å². The van der Waals surface area contributed by atoms with Crippen LogP contribution in [0.25, 0.3) is 0 Å². The van der Waals surface area contributed by atoms with Gasteiger partial charge in [0.15, 0.2) is 0 Å². The fourth-order valence-electron chi connectivity index (χ4n) is 0.411. The number of carbonyl (C=O) groups is 1. The highest BCUT2D eigenvalue weighted by Crippen LogP contribution is 2.24. The normalized spacial score (nSPS) is 13.7. The van der Waals surface area contributed by atoms with Gasteiger partial charge in [-0.15, -0.1) is 0 Å². The average Bonchev–Trinajstić information content (AvgIpc) is 1.85. The van der Waals surface area contributed by atoms with E-state index in [1.54, 1.807) is 0 Å². The number of hydrogen-bond acceptors (Lipinski definition) is 2. The molecule has 6 heteroatoms. The van der Waals surface area contributed by atoms with Crippen LogP contribution in [0.15, 0.2) is 11.8 Å². The van der Waals surface area contributed by atoms with Gasteiger partial charge in [-0.1, -0.05) is 0 Å². The van der Waals surface area contributed by atoms with Crippen LogP contribution in [0.2, 0.25) is 0 Å². The number of halogens is 4. The molecule has 0 saturated heterocycles. The van der Waals surface area contributed by atoms with Crippen LogP contribution in [0, 0.1) is 0 Å². The Morgan fingerprint density at radius 1 is 1.50 bits per heavy atom. The zero-order chi connectivity index (χ0) is 9.94. The van der Waals surface area contributed by atoms with E-state index in [4.69, 9.17) is 5.73 Å². The minimum atomic E-state index is -4.64. The lowest BCUT2D eigenvalue weighted by atomic mass is 10.2. The van der Waals surface area contributed by atoms with Gasteiger partial charge in [-0.25, -0.2) is 8.78 Å². The van der Waals surface area contributed by atoms with Crippen molar-refractivity contribution in [3.8, 4) is 0 Å². The number of ketones is 1. The Morgan fingerprint density at radius 3 is 2.17 bits per heavy atom. The highest BCUT2D eigenvalue weighted by molar-refractivity contribution is 5.96. The molecule has 12 heavy (non-hydrogen) atoms. The minimum Gasteiger partial charge on any atom is -0.402 e. The van der Waals surface area contributed by atoms with Gasteiger partial charge in [0.05, 0.1) is 0 Å². The molecule has 0 aliphatic carbocycles. The molecule has 0 aromatic carbocycles. The van der Waals surface area contributed by atoms with E-state index < -0.39 is 18.1 Å². The summed E-state index contributed by atoms with van der Waals surface area (Å²) in [5, 5.41) is 0. The third kappa shape index (κ3) is 2.52. The Balaban J connectivity index is 4.59. The molecule has 0 spiro atoms. The van der Waals surface area contributed by atoms with E-state index in [-0.39, 0.29) is 11.8 Å². The van der Waals surface area contributed by atoms with Crippen molar-refractivity contribution in [2.45, 2.75) is 19.3 Å². The number of allylic oxidation sites excluding steroid dienone is 2. The maximum Gasteiger partial charge on any atom is 0.368 e. The molecule has 0 aliphatic rings. The quantitative estimate of drug-likeness (QED) is 0.532. The van der Waals surface area contributed by atoms with E-state index in [1.165, 1.54) is 0 Å². The lowest BCUT2D eigenvalue weighted by Crippen LogP contribution is -2.35. The van der Waals surface area contributed by atoms with Crippen LogP contribution in [0.4, 0.5) is 17.6 Å². The lowest BCUT2D eigenvalue weighted by molar-refractivity contribution is -0.161. The summed E-state index contributed by atoms with van der Waals surface area (Å²) in [7, 11) is 0. The Labute approximate surface area is 66.0 Å². The van der Waals surface area contributed by atoms with Crippen molar-refractivity contribution < 1.29 is 22.4 Å². The number of nitrogens with two attached hydrogens (primary N) is 1. The van der Waals surface area contributed by atoms with Crippen LogP contribution in [-0.2, 0) is 4.79 Å². The van der Waals surface area contributed by atoms with Crippen LogP contribution in [-0.4, -0.2) is 18.1 Å². The van der Waals surface area contributed by atoms with Crippen molar-refractivity contribution in [2.24, 2.45) is 5.73 Å². The van der Waals surface area contributed by atoms with E-state index in [2.05, 4.69) is 0 Å². The summed E-state index contributed by atoms with van der Waals surface area (Å²) in [6.07, 6.45) is -3.72. The van der Waals surface area contributed by atoms with Gasteiger partial charge in [0.2, 0.25) is 5.78 Å². The van der Waals surface area contributed by atoms with E-state index in [0.717, 1.165) is 6.92 Å². The summed E-state index contributed by atoms with van der Waals surface area (Å²) in [6.45, 7) is 1.15. The molecular formula is C6H7F4NO. The monoisotopic (exact) mass is 185 g/mol. The van der Waals surface area contributed by atoms with Crippen molar-refractivity contribution in [2.75, 3.05) is 0 Å². The SMILES string of the molecule is C/C(N)=C/C(=O)C(F)(F)C(F)F. The maximum atomic E-state index is 12.1. The number of carbonyl (C=O) groups excluding carboxylic acids is 1. The molecule has 0 amide bonds. The van der Waals surface area contributed by atoms with E-state index >= 15 is 0 Å². The molecule has 0 saturated carbocycles. The van der Waals surface area contributed by atoms with Crippen molar-refractivity contribution in [3.05, 3.63) is 11.8 Å². The first kappa shape index (κ1) is 10.9. The van der Waals surface area contributed by atoms with Crippen LogP contribution in [0.1, 0.15) is 6.92 Å².